The van der Waals surface area contributed by atoms with Crippen molar-refractivity contribution in [3.63, 3.8) is 0 Å². The van der Waals surface area contributed by atoms with Crippen LogP contribution < -0.4 is 0 Å². The number of carbonyl (C=O) groups is 1. The number of hydrogen-bond donors (Lipinski definition) is 1. The predicted octanol–water partition coefficient (Wildman–Crippen LogP) is 2.66. The molecular formula is C17H21N3O3S. The minimum atomic E-state index is -0.828. The number of ether oxygens (including phenoxy) is 1. The molecule has 1 N–H and O–H groups in total. The quantitative estimate of drug-likeness (QED) is 0.896. The number of hydrogen-bond acceptors (Lipinski definition) is 6. The standard InChI is InChI=1S/C17H21N3O3S/c1-17(2)11-23-13(7-15(21)22)9-20(17)8-12-10-24-16(19-12)14-5-3-4-6-18-14/h3-6,10,13H,7-9,11H2,1-2H3,(H,21,22). The number of aliphatic carboxylic acids is 1. The number of aromatic nitrogens is 2. The molecule has 0 radical (unpaired) electrons. The van der Waals surface area contributed by atoms with Crippen molar-refractivity contribution in [3.05, 3.63) is 35.5 Å². The van der Waals surface area contributed by atoms with E-state index in [1.807, 2.05) is 23.6 Å². The minimum absolute atomic E-state index is 0.0306. The van der Waals surface area contributed by atoms with E-state index in [2.05, 4.69) is 28.7 Å². The maximum atomic E-state index is 10.9. The Morgan fingerprint density at radius 3 is 3.04 bits per heavy atom. The Bertz CT molecular complexity index is 702. The van der Waals surface area contributed by atoms with Gasteiger partial charge >= 0.3 is 5.97 Å². The molecule has 128 valence electrons. The average Bonchev–Trinajstić information content (AvgIpc) is 3.00. The second-order valence-electron chi connectivity index (χ2n) is 6.58. The van der Waals surface area contributed by atoms with E-state index in [0.717, 1.165) is 16.4 Å². The molecule has 1 saturated heterocycles. The van der Waals surface area contributed by atoms with Gasteiger partial charge in [-0.15, -0.1) is 11.3 Å². The van der Waals surface area contributed by atoms with E-state index >= 15 is 0 Å². The Balaban J connectivity index is 1.71. The lowest BCUT2D eigenvalue weighted by molar-refractivity contribution is -0.147. The first-order valence-corrected chi connectivity index (χ1v) is 8.76. The van der Waals surface area contributed by atoms with Crippen LogP contribution in [-0.2, 0) is 16.1 Å². The molecule has 0 spiro atoms. The highest BCUT2D eigenvalue weighted by atomic mass is 32.1. The molecule has 3 rings (SSSR count). The van der Waals surface area contributed by atoms with Crippen molar-refractivity contribution in [1.82, 2.24) is 14.9 Å². The first kappa shape index (κ1) is 17.0. The molecule has 1 aliphatic rings. The van der Waals surface area contributed by atoms with Gasteiger partial charge in [0.25, 0.3) is 0 Å². The van der Waals surface area contributed by atoms with E-state index in [-0.39, 0.29) is 18.1 Å². The van der Waals surface area contributed by atoms with Gasteiger partial charge in [0, 0.05) is 30.2 Å². The van der Waals surface area contributed by atoms with Gasteiger partial charge in [0.05, 0.1) is 30.5 Å². The topological polar surface area (TPSA) is 75.6 Å². The van der Waals surface area contributed by atoms with Crippen molar-refractivity contribution >= 4 is 17.3 Å². The van der Waals surface area contributed by atoms with Gasteiger partial charge in [0.2, 0.25) is 0 Å². The molecule has 1 fully saturated rings. The molecule has 7 heteroatoms. The van der Waals surface area contributed by atoms with Crippen molar-refractivity contribution in [1.29, 1.82) is 0 Å². The summed E-state index contributed by atoms with van der Waals surface area (Å²) < 4.78 is 5.70. The smallest absolute Gasteiger partial charge is 0.306 e. The summed E-state index contributed by atoms with van der Waals surface area (Å²) in [5, 5.41) is 11.9. The van der Waals surface area contributed by atoms with Crippen LogP contribution in [0.4, 0.5) is 0 Å². The third-order valence-corrected chi connectivity index (χ3v) is 5.06. The van der Waals surface area contributed by atoms with Crippen LogP contribution in [0.3, 0.4) is 0 Å². The lowest BCUT2D eigenvalue weighted by Crippen LogP contribution is -2.55. The molecule has 6 nitrogen and oxygen atoms in total. The second kappa shape index (κ2) is 6.96. The van der Waals surface area contributed by atoms with Gasteiger partial charge in [0.1, 0.15) is 5.01 Å². The normalized spacial score (nSPS) is 20.8. The molecule has 0 aliphatic carbocycles. The molecule has 0 amide bonds. The van der Waals surface area contributed by atoms with Gasteiger partial charge in [-0.25, -0.2) is 4.98 Å². The van der Waals surface area contributed by atoms with Crippen LogP contribution >= 0.6 is 11.3 Å². The summed E-state index contributed by atoms with van der Waals surface area (Å²) in [6, 6.07) is 5.78. The number of pyridine rings is 1. The monoisotopic (exact) mass is 347 g/mol. The average molecular weight is 347 g/mol. The maximum Gasteiger partial charge on any atom is 0.306 e. The molecule has 0 bridgehead atoms. The van der Waals surface area contributed by atoms with Crippen molar-refractivity contribution in [2.45, 2.75) is 38.5 Å². The van der Waals surface area contributed by atoms with Gasteiger partial charge in [-0.2, -0.15) is 0 Å². The Labute approximate surface area is 145 Å². The van der Waals surface area contributed by atoms with Crippen LogP contribution in [0.1, 0.15) is 26.0 Å². The van der Waals surface area contributed by atoms with Crippen molar-refractivity contribution in [2.24, 2.45) is 0 Å². The zero-order valence-corrected chi connectivity index (χ0v) is 14.6. The second-order valence-corrected chi connectivity index (χ2v) is 7.44. The molecule has 1 aliphatic heterocycles. The number of thiazole rings is 1. The van der Waals surface area contributed by atoms with Crippen molar-refractivity contribution in [3.8, 4) is 10.7 Å². The summed E-state index contributed by atoms with van der Waals surface area (Å²) in [4.78, 5) is 22.2. The van der Waals surface area contributed by atoms with Gasteiger partial charge in [-0.3, -0.25) is 14.7 Å². The summed E-state index contributed by atoms with van der Waals surface area (Å²) >= 11 is 1.58. The zero-order chi connectivity index (χ0) is 17.2. The molecule has 3 heterocycles. The van der Waals surface area contributed by atoms with Crippen LogP contribution in [0.15, 0.2) is 29.8 Å². The molecule has 1 unspecified atom stereocenters. The summed E-state index contributed by atoms with van der Waals surface area (Å²) in [5.41, 5.74) is 1.70. The van der Waals surface area contributed by atoms with Crippen molar-refractivity contribution in [2.75, 3.05) is 13.2 Å². The van der Waals surface area contributed by atoms with Crippen LogP contribution in [0, 0.1) is 0 Å². The first-order valence-electron chi connectivity index (χ1n) is 7.88. The largest absolute Gasteiger partial charge is 0.481 e. The highest BCUT2D eigenvalue weighted by Crippen LogP contribution is 2.27. The highest BCUT2D eigenvalue weighted by Gasteiger charge is 2.36. The maximum absolute atomic E-state index is 10.9. The Hall–Kier alpha value is -1.83. The molecule has 0 aromatic carbocycles. The Morgan fingerprint density at radius 1 is 1.50 bits per heavy atom. The fourth-order valence-corrected chi connectivity index (χ4v) is 3.52. The van der Waals surface area contributed by atoms with Gasteiger partial charge < -0.3 is 9.84 Å². The van der Waals surface area contributed by atoms with E-state index in [1.165, 1.54) is 0 Å². The van der Waals surface area contributed by atoms with E-state index in [9.17, 15) is 4.79 Å². The molecular weight excluding hydrogens is 326 g/mol. The van der Waals surface area contributed by atoms with E-state index in [1.54, 1.807) is 17.5 Å². The number of morpholine rings is 1. The summed E-state index contributed by atoms with van der Waals surface area (Å²) in [6.45, 7) is 6.00. The fourth-order valence-electron chi connectivity index (χ4n) is 2.74. The fraction of sp³-hybridized carbons (Fsp3) is 0.471. The van der Waals surface area contributed by atoms with E-state index < -0.39 is 5.97 Å². The lowest BCUT2D eigenvalue weighted by Gasteiger charge is -2.44. The van der Waals surface area contributed by atoms with Crippen molar-refractivity contribution < 1.29 is 14.6 Å². The van der Waals surface area contributed by atoms with Gasteiger partial charge in [-0.05, 0) is 26.0 Å². The van der Waals surface area contributed by atoms with Crippen LogP contribution in [0.5, 0.6) is 0 Å². The van der Waals surface area contributed by atoms with E-state index in [4.69, 9.17) is 9.84 Å². The lowest BCUT2D eigenvalue weighted by atomic mass is 9.99. The van der Waals surface area contributed by atoms with Crippen LogP contribution in [-0.4, -0.2) is 50.7 Å². The number of carboxylic acids is 1. The molecule has 2 aromatic rings. The predicted molar refractivity (Wildman–Crippen MR) is 91.8 cm³/mol. The molecule has 0 saturated carbocycles. The van der Waals surface area contributed by atoms with Crippen LogP contribution in [0.25, 0.3) is 10.7 Å². The molecule has 24 heavy (non-hydrogen) atoms. The Kier molecular flexibility index (Phi) is 4.93. The molecule has 2 aromatic heterocycles. The van der Waals surface area contributed by atoms with Gasteiger partial charge in [-0.1, -0.05) is 6.07 Å². The minimum Gasteiger partial charge on any atom is -0.481 e. The number of nitrogens with zero attached hydrogens (tertiary/aromatic N) is 3. The summed E-state index contributed by atoms with van der Waals surface area (Å²) in [6.07, 6.45) is 1.52. The SMILES string of the molecule is CC1(C)COC(CC(=O)O)CN1Cc1csc(-c2ccccn2)n1. The van der Waals surface area contributed by atoms with Crippen LogP contribution in [0.2, 0.25) is 0 Å². The number of rotatable bonds is 5. The number of carboxylic acid groups (broad SMARTS) is 1. The Morgan fingerprint density at radius 2 is 2.33 bits per heavy atom. The summed E-state index contributed by atoms with van der Waals surface area (Å²) in [7, 11) is 0. The molecule has 1 atom stereocenters. The first-order chi connectivity index (χ1) is 11.4. The van der Waals surface area contributed by atoms with E-state index in [0.29, 0.717) is 19.7 Å². The zero-order valence-electron chi connectivity index (χ0n) is 13.8. The highest BCUT2D eigenvalue weighted by molar-refractivity contribution is 7.13. The van der Waals surface area contributed by atoms with Gasteiger partial charge in [0.15, 0.2) is 0 Å². The summed E-state index contributed by atoms with van der Waals surface area (Å²) in [5.74, 6) is -0.828. The third-order valence-electron chi connectivity index (χ3n) is 4.14. The third kappa shape index (κ3) is 3.98.